The number of hydrogen-bond donors (Lipinski definition) is 0. The van der Waals surface area contributed by atoms with Crippen LogP contribution in [-0.4, -0.2) is 6.54 Å². The van der Waals surface area contributed by atoms with Crippen molar-refractivity contribution in [2.45, 2.75) is 45.9 Å². The van der Waals surface area contributed by atoms with Gasteiger partial charge >= 0.3 is 0 Å². The lowest BCUT2D eigenvalue weighted by Crippen LogP contribution is -2.17. The fourth-order valence-corrected chi connectivity index (χ4v) is 3.49. The number of aryl methyl sites for hydroxylation is 2. The first-order chi connectivity index (χ1) is 8.08. The highest BCUT2D eigenvalue weighted by atomic mass is 32.2. The Bertz CT molecular complexity index is 474. The van der Waals surface area contributed by atoms with E-state index in [9.17, 15) is 0 Å². The molecule has 0 aliphatic carbocycles. The summed E-state index contributed by atoms with van der Waals surface area (Å²) >= 11 is 1.93. The maximum Gasteiger partial charge on any atom is 0.0790 e. The SMILES string of the molecule is CC/C(C)=C1\Sc2cc(C)c(C)cc2N1CC. The van der Waals surface area contributed by atoms with Crippen molar-refractivity contribution in [3.8, 4) is 0 Å². The third-order valence-corrected chi connectivity index (χ3v) is 4.84. The molecule has 1 aliphatic rings. The maximum absolute atomic E-state index is 2.45. The number of thioether (sulfide) groups is 1. The van der Waals surface area contributed by atoms with Gasteiger partial charge in [0.05, 0.1) is 10.7 Å². The number of nitrogens with zero attached hydrogens (tertiary/aromatic N) is 1. The van der Waals surface area contributed by atoms with E-state index < -0.39 is 0 Å². The highest BCUT2D eigenvalue weighted by molar-refractivity contribution is 8.03. The Hall–Kier alpha value is -0.890. The molecule has 0 unspecified atom stereocenters. The molecule has 1 aliphatic heterocycles. The summed E-state index contributed by atoms with van der Waals surface area (Å²) in [5.74, 6) is 0. The highest BCUT2D eigenvalue weighted by Crippen LogP contribution is 2.48. The molecule has 0 saturated carbocycles. The van der Waals surface area contributed by atoms with Gasteiger partial charge in [0.15, 0.2) is 0 Å². The van der Waals surface area contributed by atoms with Crippen LogP contribution in [0.25, 0.3) is 0 Å². The fourth-order valence-electron chi connectivity index (χ4n) is 2.12. The van der Waals surface area contributed by atoms with E-state index in [-0.39, 0.29) is 0 Å². The van der Waals surface area contributed by atoms with Gasteiger partial charge in [0.2, 0.25) is 0 Å². The summed E-state index contributed by atoms with van der Waals surface area (Å²) in [6, 6.07) is 4.66. The molecule has 0 radical (unpaired) electrons. The van der Waals surface area contributed by atoms with Gasteiger partial charge in [-0.3, -0.25) is 0 Å². The first kappa shape index (κ1) is 12.6. The molecule has 92 valence electrons. The number of fused-ring (bicyclic) bond motifs is 1. The Balaban J connectivity index is 2.53. The van der Waals surface area contributed by atoms with Crippen molar-refractivity contribution in [3.05, 3.63) is 33.9 Å². The van der Waals surface area contributed by atoms with Crippen LogP contribution in [0.1, 0.15) is 38.3 Å². The van der Waals surface area contributed by atoms with E-state index in [0.717, 1.165) is 13.0 Å². The monoisotopic (exact) mass is 247 g/mol. The molecule has 0 amide bonds. The minimum absolute atomic E-state index is 1.05. The van der Waals surface area contributed by atoms with Crippen LogP contribution in [0.3, 0.4) is 0 Å². The fraction of sp³-hybridized carbons (Fsp3) is 0.467. The smallest absolute Gasteiger partial charge is 0.0790 e. The van der Waals surface area contributed by atoms with E-state index in [2.05, 4.69) is 51.7 Å². The van der Waals surface area contributed by atoms with Gasteiger partial charge in [-0.05, 0) is 62.9 Å². The summed E-state index contributed by atoms with van der Waals surface area (Å²) in [6.07, 6.45) is 1.13. The van der Waals surface area contributed by atoms with Gasteiger partial charge in [-0.2, -0.15) is 0 Å². The number of benzene rings is 1. The lowest BCUT2D eigenvalue weighted by Gasteiger charge is -2.20. The molecular formula is C15H21NS. The van der Waals surface area contributed by atoms with E-state index in [1.54, 1.807) is 0 Å². The van der Waals surface area contributed by atoms with Crippen molar-refractivity contribution in [1.29, 1.82) is 0 Å². The topological polar surface area (TPSA) is 3.24 Å². The largest absolute Gasteiger partial charge is 0.335 e. The average molecular weight is 247 g/mol. The van der Waals surface area contributed by atoms with Crippen molar-refractivity contribution in [1.82, 2.24) is 0 Å². The minimum Gasteiger partial charge on any atom is -0.335 e. The van der Waals surface area contributed by atoms with Crippen LogP contribution in [0, 0.1) is 13.8 Å². The van der Waals surface area contributed by atoms with Gasteiger partial charge in [-0.1, -0.05) is 18.7 Å². The standard InChI is InChI=1S/C15H21NS/c1-6-10(3)15-16(7-2)13-8-11(4)12(5)9-14(13)17-15/h8-9H,6-7H2,1-5H3/b15-10-. The van der Waals surface area contributed by atoms with Gasteiger partial charge < -0.3 is 4.90 Å². The Kier molecular flexibility index (Phi) is 3.53. The van der Waals surface area contributed by atoms with Crippen LogP contribution < -0.4 is 4.90 Å². The highest BCUT2D eigenvalue weighted by Gasteiger charge is 2.25. The Morgan fingerprint density at radius 2 is 1.82 bits per heavy atom. The molecule has 2 rings (SSSR count). The zero-order valence-corrected chi connectivity index (χ0v) is 12.2. The van der Waals surface area contributed by atoms with E-state index in [1.807, 2.05) is 11.8 Å². The molecular weight excluding hydrogens is 226 g/mol. The lowest BCUT2D eigenvalue weighted by molar-refractivity contribution is 0.963. The molecule has 0 N–H and O–H groups in total. The molecule has 17 heavy (non-hydrogen) atoms. The lowest BCUT2D eigenvalue weighted by atomic mass is 10.1. The molecule has 0 fully saturated rings. The number of hydrogen-bond acceptors (Lipinski definition) is 2. The second kappa shape index (κ2) is 4.77. The van der Waals surface area contributed by atoms with Crippen LogP contribution in [-0.2, 0) is 0 Å². The minimum atomic E-state index is 1.05. The van der Waals surface area contributed by atoms with Gasteiger partial charge in [-0.25, -0.2) is 0 Å². The molecule has 1 nitrogen and oxygen atoms in total. The van der Waals surface area contributed by atoms with Crippen molar-refractivity contribution in [2.75, 3.05) is 11.4 Å². The summed E-state index contributed by atoms with van der Waals surface area (Å²) < 4.78 is 0. The van der Waals surface area contributed by atoms with Crippen LogP contribution in [0.4, 0.5) is 5.69 Å². The normalized spacial score (nSPS) is 17.4. The predicted molar refractivity (Wildman–Crippen MR) is 77.8 cm³/mol. The molecule has 2 heteroatoms. The summed E-state index contributed by atoms with van der Waals surface area (Å²) in [6.45, 7) is 12.2. The van der Waals surface area contributed by atoms with E-state index in [1.165, 1.54) is 32.3 Å². The van der Waals surface area contributed by atoms with E-state index in [4.69, 9.17) is 0 Å². The zero-order valence-electron chi connectivity index (χ0n) is 11.4. The average Bonchev–Trinajstić information content (AvgIpc) is 2.66. The molecule has 0 saturated heterocycles. The number of rotatable bonds is 2. The summed E-state index contributed by atoms with van der Waals surface area (Å²) in [7, 11) is 0. The van der Waals surface area contributed by atoms with Gasteiger partial charge in [0.1, 0.15) is 0 Å². The van der Waals surface area contributed by atoms with Gasteiger partial charge in [-0.15, -0.1) is 0 Å². The summed E-state index contributed by atoms with van der Waals surface area (Å²) in [5.41, 5.74) is 5.66. The maximum atomic E-state index is 2.45. The van der Waals surface area contributed by atoms with Crippen molar-refractivity contribution >= 4 is 17.4 Å². The van der Waals surface area contributed by atoms with Crippen LogP contribution in [0.2, 0.25) is 0 Å². The first-order valence-corrected chi connectivity index (χ1v) is 7.16. The Morgan fingerprint density at radius 3 is 2.41 bits per heavy atom. The van der Waals surface area contributed by atoms with Crippen molar-refractivity contribution in [2.24, 2.45) is 0 Å². The number of allylic oxidation sites excluding steroid dienone is 1. The van der Waals surface area contributed by atoms with Crippen molar-refractivity contribution in [3.63, 3.8) is 0 Å². The molecule has 0 atom stereocenters. The second-order valence-electron chi connectivity index (χ2n) is 4.69. The Morgan fingerprint density at radius 1 is 1.18 bits per heavy atom. The summed E-state index contributed by atoms with van der Waals surface area (Å²) in [4.78, 5) is 3.86. The van der Waals surface area contributed by atoms with E-state index >= 15 is 0 Å². The second-order valence-corrected chi connectivity index (χ2v) is 5.72. The van der Waals surface area contributed by atoms with Gasteiger partial charge in [0.25, 0.3) is 0 Å². The van der Waals surface area contributed by atoms with Crippen LogP contribution in [0.15, 0.2) is 27.6 Å². The number of anilines is 1. The molecule has 1 aromatic carbocycles. The third kappa shape index (κ3) is 2.11. The third-order valence-electron chi connectivity index (χ3n) is 3.53. The van der Waals surface area contributed by atoms with Crippen molar-refractivity contribution < 1.29 is 0 Å². The molecule has 1 aromatic rings. The summed E-state index contributed by atoms with van der Waals surface area (Å²) in [5, 5.41) is 1.44. The Labute approximate surface area is 109 Å². The van der Waals surface area contributed by atoms with Crippen LogP contribution >= 0.6 is 11.8 Å². The molecule has 0 aromatic heterocycles. The van der Waals surface area contributed by atoms with Crippen LogP contribution in [0.5, 0.6) is 0 Å². The van der Waals surface area contributed by atoms with Gasteiger partial charge in [0, 0.05) is 11.4 Å². The molecule has 0 spiro atoms. The molecule has 1 heterocycles. The van der Waals surface area contributed by atoms with E-state index in [0.29, 0.717) is 0 Å². The zero-order chi connectivity index (χ0) is 12.6. The quantitative estimate of drug-likeness (QED) is 0.733. The predicted octanol–water partition coefficient (Wildman–Crippen LogP) is 4.88. The first-order valence-electron chi connectivity index (χ1n) is 6.34. The molecule has 0 bridgehead atoms.